The van der Waals surface area contributed by atoms with E-state index in [0.29, 0.717) is 13.2 Å². The highest BCUT2D eigenvalue weighted by atomic mass is 16.5. The third-order valence-corrected chi connectivity index (χ3v) is 5.27. The molecule has 2 N–H and O–H groups in total. The SMILES string of the molecule is CC(=O)NC(C)C(=O)O.Cc1ccc2cc(OCCOC3=CC=CCC=C3)ccc2c1.Cc1ccccc1. The summed E-state index contributed by atoms with van der Waals surface area (Å²) in [5.41, 5.74) is 2.59. The second kappa shape index (κ2) is 16.4. The molecule has 0 heterocycles. The number of rotatable bonds is 7. The van der Waals surface area contributed by atoms with Gasteiger partial charge in [-0.05, 0) is 62.2 Å². The molecule has 0 spiro atoms. The fraction of sp³-hybridized carbons (Fsp3) is 0.250. The zero-order valence-corrected chi connectivity index (χ0v) is 22.5. The zero-order valence-electron chi connectivity index (χ0n) is 22.5. The van der Waals surface area contributed by atoms with E-state index in [1.165, 1.54) is 35.7 Å². The molecule has 0 saturated carbocycles. The van der Waals surface area contributed by atoms with Crippen molar-refractivity contribution in [3.05, 3.63) is 114 Å². The van der Waals surface area contributed by atoms with Gasteiger partial charge in [-0.2, -0.15) is 0 Å². The predicted octanol–water partition coefficient (Wildman–Crippen LogP) is 6.53. The van der Waals surface area contributed by atoms with Gasteiger partial charge >= 0.3 is 5.97 Å². The van der Waals surface area contributed by atoms with Crippen LogP contribution in [0, 0.1) is 13.8 Å². The van der Waals surface area contributed by atoms with E-state index in [9.17, 15) is 9.59 Å². The molecule has 200 valence electrons. The number of carboxylic acid groups (broad SMARTS) is 1. The number of fused-ring (bicyclic) bond motifs is 1. The minimum Gasteiger partial charge on any atom is -0.490 e. The average Bonchev–Trinajstić information content (AvgIpc) is 3.16. The largest absolute Gasteiger partial charge is 0.490 e. The lowest BCUT2D eigenvalue weighted by Crippen LogP contribution is -2.36. The lowest BCUT2D eigenvalue weighted by Gasteiger charge is -2.09. The van der Waals surface area contributed by atoms with Gasteiger partial charge in [0.2, 0.25) is 5.91 Å². The number of aryl methyl sites for hydroxylation is 2. The summed E-state index contributed by atoms with van der Waals surface area (Å²) in [6, 6.07) is 22.1. The first-order chi connectivity index (χ1) is 18.2. The zero-order chi connectivity index (χ0) is 27.8. The Morgan fingerprint density at radius 2 is 1.58 bits per heavy atom. The molecule has 4 rings (SSSR count). The molecule has 0 radical (unpaired) electrons. The summed E-state index contributed by atoms with van der Waals surface area (Å²) in [6.07, 6.45) is 11.1. The van der Waals surface area contributed by atoms with Gasteiger partial charge in [-0.3, -0.25) is 9.59 Å². The summed E-state index contributed by atoms with van der Waals surface area (Å²) in [5.74, 6) is 0.409. The van der Waals surface area contributed by atoms with Gasteiger partial charge in [0.15, 0.2) is 0 Å². The molecule has 0 aromatic heterocycles. The van der Waals surface area contributed by atoms with Gasteiger partial charge < -0.3 is 19.9 Å². The molecular formula is C32H37NO5. The predicted molar refractivity (Wildman–Crippen MR) is 153 cm³/mol. The number of hydrogen-bond acceptors (Lipinski definition) is 4. The minimum atomic E-state index is -1.02. The van der Waals surface area contributed by atoms with Gasteiger partial charge in [0.25, 0.3) is 0 Å². The van der Waals surface area contributed by atoms with Crippen LogP contribution in [0.25, 0.3) is 10.8 Å². The van der Waals surface area contributed by atoms with E-state index in [0.717, 1.165) is 17.9 Å². The fourth-order valence-corrected chi connectivity index (χ4v) is 3.31. The Labute approximate surface area is 225 Å². The normalized spacial score (nSPS) is 12.5. The maximum Gasteiger partial charge on any atom is 0.325 e. The number of benzene rings is 3. The quantitative estimate of drug-likeness (QED) is 0.349. The lowest BCUT2D eigenvalue weighted by atomic mass is 10.1. The van der Waals surface area contributed by atoms with Gasteiger partial charge in [0.1, 0.15) is 30.8 Å². The highest BCUT2D eigenvalue weighted by molar-refractivity contribution is 5.84. The maximum atomic E-state index is 10.2. The Hall–Kier alpha value is -4.32. The number of carbonyl (C=O) groups is 2. The first kappa shape index (κ1) is 29.9. The summed E-state index contributed by atoms with van der Waals surface area (Å²) in [5, 5.41) is 12.9. The van der Waals surface area contributed by atoms with Crippen molar-refractivity contribution in [3.63, 3.8) is 0 Å². The summed E-state index contributed by atoms with van der Waals surface area (Å²) in [7, 11) is 0. The van der Waals surface area contributed by atoms with Gasteiger partial charge in [-0.25, -0.2) is 0 Å². The second-order valence-corrected chi connectivity index (χ2v) is 8.76. The first-order valence-corrected chi connectivity index (χ1v) is 12.6. The van der Waals surface area contributed by atoms with Gasteiger partial charge in [-0.15, -0.1) is 0 Å². The van der Waals surface area contributed by atoms with Gasteiger partial charge in [-0.1, -0.05) is 84.0 Å². The Morgan fingerprint density at radius 1 is 0.895 bits per heavy atom. The van der Waals surface area contributed by atoms with E-state index in [1.807, 2.05) is 42.5 Å². The van der Waals surface area contributed by atoms with Crippen LogP contribution in [0.4, 0.5) is 0 Å². The van der Waals surface area contributed by atoms with Crippen molar-refractivity contribution in [3.8, 4) is 5.75 Å². The van der Waals surface area contributed by atoms with E-state index in [2.05, 4.69) is 73.8 Å². The molecule has 1 unspecified atom stereocenters. The van der Waals surface area contributed by atoms with Crippen LogP contribution in [0.2, 0.25) is 0 Å². The third kappa shape index (κ3) is 12.1. The molecule has 1 atom stereocenters. The Kier molecular flexibility index (Phi) is 12.9. The van der Waals surface area contributed by atoms with E-state index >= 15 is 0 Å². The fourth-order valence-electron chi connectivity index (χ4n) is 3.31. The van der Waals surface area contributed by atoms with Crippen LogP contribution in [0.5, 0.6) is 5.75 Å². The van der Waals surface area contributed by atoms with E-state index in [1.54, 1.807) is 0 Å². The van der Waals surface area contributed by atoms with Crippen LogP contribution in [-0.4, -0.2) is 36.2 Å². The molecule has 6 heteroatoms. The Bertz CT molecular complexity index is 1260. The monoisotopic (exact) mass is 515 g/mol. The molecule has 1 aliphatic rings. The van der Waals surface area contributed by atoms with Crippen molar-refractivity contribution >= 4 is 22.6 Å². The molecule has 3 aromatic rings. The van der Waals surface area contributed by atoms with Crippen molar-refractivity contribution < 1.29 is 24.2 Å². The maximum absolute atomic E-state index is 10.2. The van der Waals surface area contributed by atoms with Crippen molar-refractivity contribution in [1.82, 2.24) is 5.32 Å². The van der Waals surface area contributed by atoms with Gasteiger partial charge in [0, 0.05) is 6.92 Å². The first-order valence-electron chi connectivity index (χ1n) is 12.6. The van der Waals surface area contributed by atoms with Crippen LogP contribution < -0.4 is 10.1 Å². The number of nitrogens with one attached hydrogen (secondary N) is 1. The number of hydrogen-bond donors (Lipinski definition) is 2. The Balaban J connectivity index is 0.000000260. The van der Waals surface area contributed by atoms with Crippen molar-refractivity contribution in [2.24, 2.45) is 0 Å². The summed E-state index contributed by atoms with van der Waals surface area (Å²) in [4.78, 5) is 20.2. The van der Waals surface area contributed by atoms with Crippen molar-refractivity contribution in [1.29, 1.82) is 0 Å². The molecule has 0 aliphatic heterocycles. The van der Waals surface area contributed by atoms with Crippen LogP contribution in [0.15, 0.2) is 103 Å². The van der Waals surface area contributed by atoms with Crippen molar-refractivity contribution in [2.75, 3.05) is 13.2 Å². The minimum absolute atomic E-state index is 0.329. The second-order valence-electron chi connectivity index (χ2n) is 8.76. The smallest absolute Gasteiger partial charge is 0.325 e. The van der Waals surface area contributed by atoms with E-state index in [4.69, 9.17) is 14.6 Å². The number of aliphatic carboxylic acids is 1. The molecule has 1 amide bonds. The summed E-state index contributed by atoms with van der Waals surface area (Å²) in [6.45, 7) is 7.94. The topological polar surface area (TPSA) is 84.9 Å². The molecule has 1 aliphatic carbocycles. The molecule has 0 bridgehead atoms. The van der Waals surface area contributed by atoms with Crippen LogP contribution in [0.3, 0.4) is 0 Å². The molecule has 0 saturated heterocycles. The number of carbonyl (C=O) groups excluding carboxylic acids is 1. The highest BCUT2D eigenvalue weighted by Gasteiger charge is 2.09. The third-order valence-electron chi connectivity index (χ3n) is 5.27. The van der Waals surface area contributed by atoms with Crippen molar-refractivity contribution in [2.45, 2.75) is 40.2 Å². The Morgan fingerprint density at radius 3 is 2.21 bits per heavy atom. The molecule has 0 fully saturated rings. The standard InChI is InChI=1S/C20H20O2.C7H8.C5H9NO3/c1-16-8-9-18-15-20(11-10-17(18)14-16)22-13-12-21-19-6-4-2-3-5-7-19;1-7-5-3-2-4-6-7;1-3(5(8)9)6-4(2)7/h2,4-11,14-15H,3,12-13H2,1H3;2-6H,1H3;3H,1-2H3,(H,6,7)(H,8,9). The highest BCUT2D eigenvalue weighted by Crippen LogP contribution is 2.22. The number of ether oxygens (including phenoxy) is 2. The van der Waals surface area contributed by atoms with Crippen LogP contribution in [-0.2, 0) is 14.3 Å². The molecular weight excluding hydrogens is 478 g/mol. The summed E-state index contributed by atoms with van der Waals surface area (Å²) < 4.78 is 11.5. The lowest BCUT2D eigenvalue weighted by molar-refractivity contribution is -0.140. The molecule has 6 nitrogen and oxygen atoms in total. The average molecular weight is 516 g/mol. The summed E-state index contributed by atoms with van der Waals surface area (Å²) >= 11 is 0. The van der Waals surface area contributed by atoms with Gasteiger partial charge in [0.05, 0.1) is 0 Å². The van der Waals surface area contributed by atoms with Crippen LogP contribution >= 0.6 is 0 Å². The van der Waals surface area contributed by atoms with E-state index in [-0.39, 0.29) is 5.91 Å². The molecule has 38 heavy (non-hydrogen) atoms. The van der Waals surface area contributed by atoms with Crippen LogP contribution in [0.1, 0.15) is 31.4 Å². The number of allylic oxidation sites excluding steroid dienone is 5. The number of amides is 1. The van der Waals surface area contributed by atoms with E-state index < -0.39 is 12.0 Å². The number of carboxylic acids is 1. The molecule has 3 aromatic carbocycles.